The summed E-state index contributed by atoms with van der Waals surface area (Å²) in [7, 11) is 0. The van der Waals surface area contributed by atoms with Gasteiger partial charge in [-0.15, -0.1) is 24.8 Å². The first-order chi connectivity index (χ1) is 9.42. The van der Waals surface area contributed by atoms with Crippen LogP contribution in [-0.2, 0) is 0 Å². The lowest BCUT2D eigenvalue weighted by molar-refractivity contribution is -0.274. The Hall–Kier alpha value is -1.23. The number of ketones is 1. The first-order valence-electron chi connectivity index (χ1n) is 6.37. The van der Waals surface area contributed by atoms with Crippen molar-refractivity contribution < 1.29 is 22.7 Å². The first kappa shape index (κ1) is 16.8. The van der Waals surface area contributed by atoms with Crippen LogP contribution in [0.3, 0.4) is 0 Å². The van der Waals surface area contributed by atoms with Crippen molar-refractivity contribution in [1.29, 1.82) is 0 Å². The number of carbonyl (C=O) groups is 1. The third-order valence-corrected chi connectivity index (χ3v) is 2.94. The minimum absolute atomic E-state index is 0.177. The summed E-state index contributed by atoms with van der Waals surface area (Å²) in [5, 5.41) is 0. The maximum atomic E-state index is 12.1. The molecule has 0 saturated carbocycles. The molecular weight excluding hydrogens is 293 g/mol. The molecule has 112 valence electrons. The number of rotatable bonds is 8. The molecule has 1 aromatic carbocycles. The zero-order valence-corrected chi connectivity index (χ0v) is 11.6. The van der Waals surface area contributed by atoms with Gasteiger partial charge in [-0.1, -0.05) is 25.0 Å². The number of halogens is 4. The molecule has 1 rings (SSSR count). The van der Waals surface area contributed by atoms with E-state index < -0.39 is 6.36 Å². The molecule has 1 aromatic rings. The molecule has 2 nitrogen and oxygen atoms in total. The Morgan fingerprint density at radius 1 is 1.15 bits per heavy atom. The van der Waals surface area contributed by atoms with Crippen molar-refractivity contribution in [3.63, 3.8) is 0 Å². The summed E-state index contributed by atoms with van der Waals surface area (Å²) in [4.78, 5) is 11.8. The van der Waals surface area contributed by atoms with Crippen LogP contribution >= 0.6 is 11.6 Å². The molecule has 0 aliphatic carbocycles. The largest absolute Gasteiger partial charge is 0.573 e. The zero-order chi connectivity index (χ0) is 15.0. The standard InChI is InChI=1S/C14H16ClF3O2/c15-9-4-2-1-3-8-13(19)11-6-5-7-12(10-11)20-14(16,17)18/h5-7,10H,1-4,8-9H2. The maximum absolute atomic E-state index is 12.1. The van der Waals surface area contributed by atoms with Crippen molar-refractivity contribution in [3.05, 3.63) is 29.8 Å². The summed E-state index contributed by atoms with van der Waals surface area (Å²) < 4.78 is 40.0. The van der Waals surface area contributed by atoms with Gasteiger partial charge in [-0.2, -0.15) is 0 Å². The molecule has 0 aliphatic rings. The third kappa shape index (κ3) is 6.80. The predicted octanol–water partition coefficient (Wildman–Crippen LogP) is 4.96. The topological polar surface area (TPSA) is 26.3 Å². The lowest BCUT2D eigenvalue weighted by atomic mass is 10.0. The van der Waals surface area contributed by atoms with Crippen LogP contribution < -0.4 is 4.74 Å². The van der Waals surface area contributed by atoms with E-state index in [4.69, 9.17) is 11.6 Å². The second-order valence-corrected chi connectivity index (χ2v) is 4.73. The van der Waals surface area contributed by atoms with Gasteiger partial charge in [0.2, 0.25) is 0 Å². The van der Waals surface area contributed by atoms with Crippen molar-refractivity contribution in [1.82, 2.24) is 0 Å². The SMILES string of the molecule is O=C(CCCCCCCl)c1cccc(OC(F)(F)F)c1. The van der Waals surface area contributed by atoms with E-state index in [9.17, 15) is 18.0 Å². The van der Waals surface area contributed by atoms with Crippen molar-refractivity contribution in [2.24, 2.45) is 0 Å². The highest BCUT2D eigenvalue weighted by molar-refractivity contribution is 6.17. The van der Waals surface area contributed by atoms with E-state index in [0.29, 0.717) is 18.7 Å². The van der Waals surface area contributed by atoms with Gasteiger partial charge in [0.05, 0.1) is 0 Å². The number of benzene rings is 1. The molecule has 0 aromatic heterocycles. The summed E-state index contributed by atoms with van der Waals surface area (Å²) in [5.41, 5.74) is 0.240. The Morgan fingerprint density at radius 2 is 1.85 bits per heavy atom. The van der Waals surface area contributed by atoms with E-state index in [2.05, 4.69) is 4.74 Å². The van der Waals surface area contributed by atoms with E-state index in [1.807, 2.05) is 0 Å². The Balaban J connectivity index is 2.49. The number of carbonyl (C=O) groups excluding carboxylic acids is 1. The minimum atomic E-state index is -4.75. The summed E-state index contributed by atoms with van der Waals surface area (Å²) in [5.74, 6) is 0.0547. The molecule has 0 aliphatic heterocycles. The van der Waals surface area contributed by atoms with E-state index in [1.165, 1.54) is 18.2 Å². The van der Waals surface area contributed by atoms with Crippen molar-refractivity contribution in [2.75, 3.05) is 5.88 Å². The normalized spacial score (nSPS) is 11.4. The fourth-order valence-corrected chi connectivity index (χ4v) is 1.93. The van der Waals surface area contributed by atoms with Crippen LogP contribution in [0.5, 0.6) is 5.75 Å². The Bertz CT molecular complexity index is 433. The molecular formula is C14H16ClF3O2. The van der Waals surface area contributed by atoms with E-state index in [-0.39, 0.29) is 17.1 Å². The van der Waals surface area contributed by atoms with E-state index in [1.54, 1.807) is 0 Å². The van der Waals surface area contributed by atoms with Crippen LogP contribution in [0.4, 0.5) is 13.2 Å². The number of hydrogen-bond donors (Lipinski definition) is 0. The van der Waals surface area contributed by atoms with E-state index >= 15 is 0 Å². The second kappa shape index (κ2) is 8.15. The molecule has 0 N–H and O–H groups in total. The molecule has 0 saturated heterocycles. The zero-order valence-electron chi connectivity index (χ0n) is 10.9. The number of unbranched alkanes of at least 4 members (excludes halogenated alkanes) is 3. The molecule has 0 atom stereocenters. The Kier molecular flexibility index (Phi) is 6.85. The second-order valence-electron chi connectivity index (χ2n) is 4.35. The Morgan fingerprint density at radius 3 is 2.50 bits per heavy atom. The Labute approximate surface area is 120 Å². The predicted molar refractivity (Wildman–Crippen MR) is 71.3 cm³/mol. The highest BCUT2D eigenvalue weighted by Gasteiger charge is 2.31. The quantitative estimate of drug-likeness (QED) is 0.385. The molecule has 0 amide bonds. The van der Waals surface area contributed by atoms with Gasteiger partial charge in [0.25, 0.3) is 0 Å². The molecule has 0 spiro atoms. The molecule has 0 unspecified atom stereocenters. The van der Waals surface area contributed by atoms with Crippen LogP contribution in [-0.4, -0.2) is 18.0 Å². The third-order valence-electron chi connectivity index (χ3n) is 2.68. The average molecular weight is 309 g/mol. The fourth-order valence-electron chi connectivity index (χ4n) is 1.74. The number of alkyl halides is 4. The first-order valence-corrected chi connectivity index (χ1v) is 6.91. The number of Topliss-reactive ketones (excluding diaryl/α,β-unsaturated/α-hetero) is 1. The van der Waals surface area contributed by atoms with Gasteiger partial charge >= 0.3 is 6.36 Å². The lowest BCUT2D eigenvalue weighted by Crippen LogP contribution is -2.17. The van der Waals surface area contributed by atoms with Gasteiger partial charge in [0.1, 0.15) is 5.75 Å². The van der Waals surface area contributed by atoms with Crippen molar-refractivity contribution >= 4 is 17.4 Å². The molecule has 0 fully saturated rings. The van der Waals surface area contributed by atoms with Gasteiger partial charge in [0, 0.05) is 17.9 Å². The molecule has 0 radical (unpaired) electrons. The van der Waals surface area contributed by atoms with Gasteiger partial charge in [-0.3, -0.25) is 4.79 Å². The smallest absolute Gasteiger partial charge is 0.406 e. The van der Waals surface area contributed by atoms with Crippen LogP contribution in [0.1, 0.15) is 42.5 Å². The summed E-state index contributed by atoms with van der Waals surface area (Å²) in [6.07, 6.45) is -0.975. The van der Waals surface area contributed by atoms with Crippen LogP contribution in [0.2, 0.25) is 0 Å². The molecule has 0 bridgehead atoms. The number of ether oxygens (including phenoxy) is 1. The summed E-state index contributed by atoms with van der Waals surface area (Å²) in [6.45, 7) is 0. The van der Waals surface area contributed by atoms with Gasteiger partial charge in [0.15, 0.2) is 5.78 Å². The van der Waals surface area contributed by atoms with E-state index in [0.717, 1.165) is 25.3 Å². The van der Waals surface area contributed by atoms with Crippen molar-refractivity contribution in [3.8, 4) is 5.75 Å². The van der Waals surface area contributed by atoms with Gasteiger partial charge in [-0.05, 0) is 25.0 Å². The molecule has 6 heteroatoms. The lowest BCUT2D eigenvalue weighted by Gasteiger charge is -2.09. The van der Waals surface area contributed by atoms with Crippen LogP contribution in [0.25, 0.3) is 0 Å². The van der Waals surface area contributed by atoms with Crippen molar-refractivity contribution in [2.45, 2.75) is 38.5 Å². The summed E-state index contributed by atoms with van der Waals surface area (Å²) in [6, 6.07) is 5.16. The van der Waals surface area contributed by atoms with Crippen LogP contribution in [0, 0.1) is 0 Å². The minimum Gasteiger partial charge on any atom is -0.406 e. The van der Waals surface area contributed by atoms with Gasteiger partial charge in [-0.25, -0.2) is 0 Å². The van der Waals surface area contributed by atoms with Crippen LogP contribution in [0.15, 0.2) is 24.3 Å². The molecule has 0 heterocycles. The number of hydrogen-bond acceptors (Lipinski definition) is 2. The highest BCUT2D eigenvalue weighted by Crippen LogP contribution is 2.24. The maximum Gasteiger partial charge on any atom is 0.573 e. The summed E-state index contributed by atoms with van der Waals surface area (Å²) >= 11 is 5.54. The fraction of sp³-hybridized carbons (Fsp3) is 0.500. The monoisotopic (exact) mass is 308 g/mol. The molecule has 20 heavy (non-hydrogen) atoms. The highest BCUT2D eigenvalue weighted by atomic mass is 35.5. The average Bonchev–Trinajstić information content (AvgIpc) is 2.36. The van der Waals surface area contributed by atoms with Gasteiger partial charge < -0.3 is 4.74 Å².